The predicted molar refractivity (Wildman–Crippen MR) is 79.1 cm³/mol. The number of hydrogen-bond donors (Lipinski definition) is 2. The number of rotatable bonds is 3. The highest BCUT2D eigenvalue weighted by molar-refractivity contribution is 7.99. The normalized spacial score (nSPS) is 25.4. The van der Waals surface area contributed by atoms with Crippen LogP contribution in [0.25, 0.3) is 0 Å². The highest BCUT2D eigenvalue weighted by Crippen LogP contribution is 2.19. The first-order chi connectivity index (χ1) is 9.56. The summed E-state index contributed by atoms with van der Waals surface area (Å²) in [6, 6.07) is -0.0534. The van der Waals surface area contributed by atoms with Crippen molar-refractivity contribution in [2.45, 2.75) is 31.3 Å². The van der Waals surface area contributed by atoms with E-state index in [9.17, 15) is 9.59 Å². The average molecular weight is 301 g/mol. The molecule has 0 aromatic heterocycles. The molecule has 114 valence electrons. The van der Waals surface area contributed by atoms with Crippen LogP contribution in [-0.2, 0) is 4.79 Å². The number of urea groups is 1. The number of piperidine rings is 1. The zero-order chi connectivity index (χ0) is 14.5. The summed E-state index contributed by atoms with van der Waals surface area (Å²) in [5.41, 5.74) is 0. The van der Waals surface area contributed by atoms with Crippen LogP contribution in [0.3, 0.4) is 0 Å². The Morgan fingerprint density at radius 2 is 2.00 bits per heavy atom. The van der Waals surface area contributed by atoms with Crippen LogP contribution in [0.15, 0.2) is 0 Å². The fourth-order valence-corrected chi connectivity index (χ4v) is 3.77. The Labute approximate surface area is 123 Å². The van der Waals surface area contributed by atoms with Gasteiger partial charge in [-0.15, -0.1) is 0 Å². The van der Waals surface area contributed by atoms with E-state index in [0.717, 1.165) is 31.7 Å². The molecule has 2 amide bonds. The maximum atomic E-state index is 12.3. The van der Waals surface area contributed by atoms with Crippen LogP contribution >= 0.6 is 11.8 Å². The Kier molecular flexibility index (Phi) is 5.54. The van der Waals surface area contributed by atoms with Gasteiger partial charge in [0.25, 0.3) is 0 Å². The minimum atomic E-state index is -0.838. The lowest BCUT2D eigenvalue weighted by Gasteiger charge is -2.37. The second-order valence-electron chi connectivity index (χ2n) is 5.55. The third-order valence-corrected chi connectivity index (χ3v) is 5.04. The first-order valence-electron chi connectivity index (χ1n) is 7.11. The van der Waals surface area contributed by atoms with Gasteiger partial charge in [0, 0.05) is 24.1 Å². The summed E-state index contributed by atoms with van der Waals surface area (Å²) in [6.07, 6.45) is 1.97. The number of carbonyl (C=O) groups is 2. The summed E-state index contributed by atoms with van der Waals surface area (Å²) in [4.78, 5) is 27.2. The van der Waals surface area contributed by atoms with E-state index < -0.39 is 5.97 Å². The van der Waals surface area contributed by atoms with Gasteiger partial charge in [-0.05, 0) is 33.0 Å². The Bertz CT molecular complexity index is 359. The molecule has 0 saturated carbocycles. The predicted octanol–water partition coefficient (Wildman–Crippen LogP) is 0.682. The monoisotopic (exact) mass is 301 g/mol. The van der Waals surface area contributed by atoms with Crippen LogP contribution in [-0.4, -0.2) is 77.2 Å². The van der Waals surface area contributed by atoms with Crippen LogP contribution < -0.4 is 5.32 Å². The second kappa shape index (κ2) is 7.17. The van der Waals surface area contributed by atoms with E-state index in [0.29, 0.717) is 12.3 Å². The molecular weight excluding hydrogens is 278 g/mol. The van der Waals surface area contributed by atoms with Gasteiger partial charge in [-0.25, -0.2) is 4.79 Å². The summed E-state index contributed by atoms with van der Waals surface area (Å²) in [5, 5.41) is 12.0. The SMILES string of the molecule is CN1CCC(NC(=O)N2CCSCC2CC(=O)O)CC1. The van der Waals surface area contributed by atoms with Gasteiger partial charge < -0.3 is 20.2 Å². The number of hydrogen-bond acceptors (Lipinski definition) is 4. The lowest BCUT2D eigenvalue weighted by atomic mass is 10.1. The molecule has 6 nitrogen and oxygen atoms in total. The van der Waals surface area contributed by atoms with Crippen molar-refractivity contribution in [3.63, 3.8) is 0 Å². The van der Waals surface area contributed by atoms with Crippen molar-refractivity contribution >= 4 is 23.8 Å². The van der Waals surface area contributed by atoms with Crippen LogP contribution in [0.4, 0.5) is 4.79 Å². The summed E-state index contributed by atoms with van der Waals surface area (Å²) in [5.74, 6) is 0.763. The van der Waals surface area contributed by atoms with Gasteiger partial charge in [0.15, 0.2) is 0 Å². The molecule has 2 N–H and O–H groups in total. The van der Waals surface area contributed by atoms with Crippen LogP contribution in [0.2, 0.25) is 0 Å². The molecule has 2 saturated heterocycles. The van der Waals surface area contributed by atoms with Gasteiger partial charge >= 0.3 is 12.0 Å². The van der Waals surface area contributed by atoms with Gasteiger partial charge in [0.1, 0.15) is 0 Å². The number of amides is 2. The highest BCUT2D eigenvalue weighted by Gasteiger charge is 2.30. The summed E-state index contributed by atoms with van der Waals surface area (Å²) in [6.45, 7) is 2.64. The van der Waals surface area contributed by atoms with Crippen molar-refractivity contribution in [3.8, 4) is 0 Å². The van der Waals surface area contributed by atoms with Crippen LogP contribution in [0.5, 0.6) is 0 Å². The smallest absolute Gasteiger partial charge is 0.317 e. The quantitative estimate of drug-likeness (QED) is 0.802. The molecular formula is C13H23N3O3S. The lowest BCUT2D eigenvalue weighted by molar-refractivity contribution is -0.138. The second-order valence-corrected chi connectivity index (χ2v) is 6.70. The Morgan fingerprint density at radius 3 is 2.65 bits per heavy atom. The number of carboxylic acid groups (broad SMARTS) is 1. The van der Waals surface area contributed by atoms with Gasteiger partial charge in [-0.1, -0.05) is 0 Å². The van der Waals surface area contributed by atoms with E-state index in [2.05, 4.69) is 17.3 Å². The Balaban J connectivity index is 1.87. The van der Waals surface area contributed by atoms with Crippen molar-refractivity contribution in [2.24, 2.45) is 0 Å². The first kappa shape index (κ1) is 15.4. The standard InChI is InChI=1S/C13H23N3O3S/c1-15-4-2-10(3-5-15)14-13(19)16-6-7-20-9-11(16)8-12(17)18/h10-11H,2-9H2,1H3,(H,14,19)(H,17,18). The van der Waals surface area contributed by atoms with E-state index in [1.807, 2.05) is 0 Å². The molecule has 1 unspecified atom stereocenters. The fraction of sp³-hybridized carbons (Fsp3) is 0.846. The first-order valence-corrected chi connectivity index (χ1v) is 8.27. The van der Waals surface area contributed by atoms with E-state index in [-0.39, 0.29) is 24.5 Å². The molecule has 2 heterocycles. The van der Waals surface area contributed by atoms with E-state index in [1.54, 1.807) is 16.7 Å². The van der Waals surface area contributed by atoms with E-state index in [4.69, 9.17) is 5.11 Å². The van der Waals surface area contributed by atoms with Crippen LogP contribution in [0, 0.1) is 0 Å². The Morgan fingerprint density at radius 1 is 1.30 bits per heavy atom. The lowest BCUT2D eigenvalue weighted by Crippen LogP contribution is -2.54. The zero-order valence-corrected chi connectivity index (χ0v) is 12.7. The largest absolute Gasteiger partial charge is 0.481 e. The number of aliphatic carboxylic acids is 1. The Hall–Kier alpha value is -0.950. The molecule has 0 aromatic rings. The van der Waals surface area contributed by atoms with E-state index in [1.165, 1.54) is 0 Å². The van der Waals surface area contributed by atoms with Gasteiger partial charge in [0.05, 0.1) is 12.5 Å². The van der Waals surface area contributed by atoms with Crippen molar-refractivity contribution in [3.05, 3.63) is 0 Å². The molecule has 2 aliphatic heterocycles. The summed E-state index contributed by atoms with van der Waals surface area (Å²) in [7, 11) is 2.09. The number of carbonyl (C=O) groups excluding carboxylic acids is 1. The molecule has 0 bridgehead atoms. The minimum Gasteiger partial charge on any atom is -0.481 e. The van der Waals surface area contributed by atoms with Crippen molar-refractivity contribution < 1.29 is 14.7 Å². The highest BCUT2D eigenvalue weighted by atomic mass is 32.2. The average Bonchev–Trinajstić information content (AvgIpc) is 2.41. The van der Waals surface area contributed by atoms with Crippen molar-refractivity contribution in [1.82, 2.24) is 15.1 Å². The molecule has 0 aromatic carbocycles. The topological polar surface area (TPSA) is 72.9 Å². The molecule has 2 rings (SSSR count). The molecule has 0 aliphatic carbocycles. The van der Waals surface area contributed by atoms with Crippen molar-refractivity contribution in [2.75, 3.05) is 38.2 Å². The molecule has 1 atom stereocenters. The maximum absolute atomic E-state index is 12.3. The fourth-order valence-electron chi connectivity index (χ4n) is 2.70. The molecule has 0 radical (unpaired) electrons. The molecule has 2 aliphatic rings. The van der Waals surface area contributed by atoms with Gasteiger partial charge in [0.2, 0.25) is 0 Å². The van der Waals surface area contributed by atoms with E-state index >= 15 is 0 Å². The number of thioether (sulfide) groups is 1. The molecule has 0 spiro atoms. The van der Waals surface area contributed by atoms with Crippen molar-refractivity contribution in [1.29, 1.82) is 0 Å². The summed E-state index contributed by atoms with van der Waals surface area (Å²) >= 11 is 1.72. The third-order valence-electron chi connectivity index (χ3n) is 3.94. The number of nitrogens with zero attached hydrogens (tertiary/aromatic N) is 2. The van der Waals surface area contributed by atoms with Gasteiger partial charge in [-0.2, -0.15) is 11.8 Å². The molecule has 7 heteroatoms. The number of carboxylic acids is 1. The number of nitrogens with one attached hydrogen (secondary N) is 1. The van der Waals surface area contributed by atoms with Crippen LogP contribution in [0.1, 0.15) is 19.3 Å². The number of likely N-dealkylation sites (tertiary alicyclic amines) is 1. The maximum Gasteiger partial charge on any atom is 0.317 e. The summed E-state index contributed by atoms with van der Waals surface area (Å²) < 4.78 is 0. The van der Waals surface area contributed by atoms with Gasteiger partial charge in [-0.3, -0.25) is 4.79 Å². The third kappa shape index (κ3) is 4.28. The molecule has 20 heavy (non-hydrogen) atoms. The zero-order valence-electron chi connectivity index (χ0n) is 11.9. The molecule has 2 fully saturated rings. The minimum absolute atomic E-state index is 0.0355.